The van der Waals surface area contributed by atoms with E-state index < -0.39 is 0 Å². The van der Waals surface area contributed by atoms with Gasteiger partial charge in [-0.3, -0.25) is 4.79 Å². The molecule has 0 rings (SSSR count). The lowest BCUT2D eigenvalue weighted by Crippen LogP contribution is -2.00. The van der Waals surface area contributed by atoms with Gasteiger partial charge in [0.05, 0.1) is 0 Å². The molecule has 0 fully saturated rings. The third-order valence-electron chi connectivity index (χ3n) is 4.86. The molecular weight excluding hydrogens is 296 g/mol. The smallest absolute Gasteiger partial charge is 0.302 e. The van der Waals surface area contributed by atoms with E-state index in [4.69, 9.17) is 4.74 Å². The Labute approximate surface area is 151 Å². The predicted molar refractivity (Wildman–Crippen MR) is 105 cm³/mol. The summed E-state index contributed by atoms with van der Waals surface area (Å²) < 4.78 is 4.94. The summed E-state index contributed by atoms with van der Waals surface area (Å²) in [5.74, 6) is 2.37. The molecule has 0 aliphatic rings. The molecule has 0 aromatic rings. The first kappa shape index (κ1) is 23.2. The van der Waals surface area contributed by atoms with Gasteiger partial charge in [-0.25, -0.2) is 0 Å². The van der Waals surface area contributed by atoms with Crippen LogP contribution >= 0.6 is 0 Å². The number of carbonyl (C=O) groups excluding carboxylic acids is 1. The van der Waals surface area contributed by atoms with Gasteiger partial charge < -0.3 is 4.74 Å². The maximum Gasteiger partial charge on any atom is 0.302 e. The van der Waals surface area contributed by atoms with Crippen molar-refractivity contribution in [2.45, 2.75) is 99.3 Å². The van der Waals surface area contributed by atoms with Crippen LogP contribution in [0.3, 0.4) is 0 Å². The van der Waals surface area contributed by atoms with Crippen molar-refractivity contribution < 1.29 is 9.53 Å². The van der Waals surface area contributed by atoms with Crippen molar-refractivity contribution in [3.8, 4) is 0 Å². The van der Waals surface area contributed by atoms with Gasteiger partial charge >= 0.3 is 5.97 Å². The fraction of sp³-hybridized carbons (Fsp3) is 0.864. The minimum atomic E-state index is -0.203. The molecule has 0 radical (unpaired) electrons. The lowest BCUT2D eigenvalue weighted by molar-refractivity contribution is -0.139. The summed E-state index contributed by atoms with van der Waals surface area (Å²) in [4.78, 5) is 10.7. The van der Waals surface area contributed by atoms with Crippen molar-refractivity contribution in [3.05, 3.63) is 11.6 Å². The largest absolute Gasteiger partial charge is 0.462 e. The van der Waals surface area contributed by atoms with Crippen LogP contribution in [0, 0.1) is 17.8 Å². The van der Waals surface area contributed by atoms with Gasteiger partial charge in [0.2, 0.25) is 0 Å². The molecule has 0 heterocycles. The van der Waals surface area contributed by atoms with Crippen molar-refractivity contribution in [1.82, 2.24) is 0 Å². The molecule has 0 amide bonds. The minimum absolute atomic E-state index is 0.203. The molecule has 0 aromatic heterocycles. The van der Waals surface area contributed by atoms with E-state index in [2.05, 4.69) is 34.6 Å². The fourth-order valence-electron chi connectivity index (χ4n) is 3.11. The Morgan fingerprint density at radius 2 is 1.33 bits per heavy atom. The highest BCUT2D eigenvalue weighted by Crippen LogP contribution is 2.21. The van der Waals surface area contributed by atoms with Crippen molar-refractivity contribution in [1.29, 1.82) is 0 Å². The van der Waals surface area contributed by atoms with Crippen molar-refractivity contribution in [2.24, 2.45) is 17.8 Å². The van der Waals surface area contributed by atoms with E-state index in [-0.39, 0.29) is 5.97 Å². The number of rotatable bonds is 14. The minimum Gasteiger partial charge on any atom is -0.462 e. The number of hydrogen-bond acceptors (Lipinski definition) is 2. The van der Waals surface area contributed by atoms with Crippen molar-refractivity contribution >= 4 is 5.97 Å². The fourth-order valence-corrected chi connectivity index (χ4v) is 3.11. The second-order valence-electron chi connectivity index (χ2n) is 8.21. The van der Waals surface area contributed by atoms with E-state index in [1.165, 1.54) is 63.9 Å². The summed E-state index contributed by atoms with van der Waals surface area (Å²) in [5.41, 5.74) is 1.34. The zero-order valence-electron chi connectivity index (χ0n) is 17.2. The first-order valence-electron chi connectivity index (χ1n) is 10.1. The summed E-state index contributed by atoms with van der Waals surface area (Å²) in [7, 11) is 0. The van der Waals surface area contributed by atoms with Crippen LogP contribution in [0.1, 0.15) is 99.3 Å². The highest BCUT2D eigenvalue weighted by Gasteiger charge is 2.06. The molecule has 2 atom stereocenters. The van der Waals surface area contributed by atoms with E-state index >= 15 is 0 Å². The third-order valence-corrected chi connectivity index (χ3v) is 4.86. The molecular formula is C22H42O2. The molecule has 24 heavy (non-hydrogen) atoms. The van der Waals surface area contributed by atoms with Crippen LogP contribution < -0.4 is 0 Å². The number of allylic oxidation sites excluding steroid dienone is 1. The highest BCUT2D eigenvalue weighted by molar-refractivity contribution is 5.66. The molecule has 142 valence electrons. The van der Waals surface area contributed by atoms with Gasteiger partial charge in [0.25, 0.3) is 0 Å². The second kappa shape index (κ2) is 14.5. The first-order valence-corrected chi connectivity index (χ1v) is 10.1. The normalized spacial score (nSPS) is 14.7. The molecule has 0 N–H and O–H groups in total. The molecule has 2 heteroatoms. The molecule has 0 spiro atoms. The van der Waals surface area contributed by atoms with Crippen LogP contribution in [-0.2, 0) is 9.53 Å². The lowest BCUT2D eigenvalue weighted by atomic mass is 9.91. The van der Waals surface area contributed by atoms with Crippen molar-refractivity contribution in [2.75, 3.05) is 6.61 Å². The van der Waals surface area contributed by atoms with Crippen LogP contribution in [0.15, 0.2) is 11.6 Å². The Morgan fingerprint density at radius 1 is 0.833 bits per heavy atom. The summed E-state index contributed by atoms with van der Waals surface area (Å²) in [6, 6.07) is 0. The van der Waals surface area contributed by atoms with Crippen LogP contribution in [0.4, 0.5) is 0 Å². The Bertz CT molecular complexity index is 344. The van der Waals surface area contributed by atoms with E-state index in [1.54, 1.807) is 0 Å². The Morgan fingerprint density at radius 3 is 1.83 bits per heavy atom. The van der Waals surface area contributed by atoms with E-state index in [1.807, 2.05) is 6.08 Å². The van der Waals surface area contributed by atoms with Gasteiger partial charge in [0, 0.05) is 6.92 Å². The first-order chi connectivity index (χ1) is 11.3. The molecule has 2 nitrogen and oxygen atoms in total. The summed E-state index contributed by atoms with van der Waals surface area (Å²) in [6.07, 6.45) is 14.0. The topological polar surface area (TPSA) is 26.3 Å². The Balaban J connectivity index is 3.61. The van der Waals surface area contributed by atoms with Crippen LogP contribution in [-0.4, -0.2) is 12.6 Å². The lowest BCUT2D eigenvalue weighted by Gasteiger charge is -2.15. The van der Waals surface area contributed by atoms with Gasteiger partial charge in [-0.2, -0.15) is 0 Å². The van der Waals surface area contributed by atoms with Gasteiger partial charge in [0.15, 0.2) is 0 Å². The quantitative estimate of drug-likeness (QED) is 0.253. The maximum absolute atomic E-state index is 10.7. The van der Waals surface area contributed by atoms with Gasteiger partial charge in [-0.1, -0.05) is 78.2 Å². The number of ether oxygens (including phenoxy) is 1. The molecule has 0 saturated heterocycles. The third kappa shape index (κ3) is 16.1. The van der Waals surface area contributed by atoms with Gasteiger partial charge in [0.1, 0.15) is 6.61 Å². The molecule has 0 aliphatic heterocycles. The van der Waals surface area contributed by atoms with E-state index in [0.717, 1.165) is 24.2 Å². The molecule has 0 unspecified atom stereocenters. The summed E-state index contributed by atoms with van der Waals surface area (Å²) in [5, 5.41) is 0. The zero-order chi connectivity index (χ0) is 18.4. The van der Waals surface area contributed by atoms with Crippen LogP contribution in [0.25, 0.3) is 0 Å². The van der Waals surface area contributed by atoms with Gasteiger partial charge in [-0.15, -0.1) is 0 Å². The molecule has 0 bridgehead atoms. The predicted octanol–water partition coefficient (Wildman–Crippen LogP) is 6.93. The van der Waals surface area contributed by atoms with E-state index in [0.29, 0.717) is 6.61 Å². The monoisotopic (exact) mass is 338 g/mol. The number of esters is 1. The zero-order valence-corrected chi connectivity index (χ0v) is 17.2. The van der Waals surface area contributed by atoms with Gasteiger partial charge in [-0.05, 0) is 43.6 Å². The average Bonchev–Trinajstić information content (AvgIpc) is 2.46. The number of hydrogen-bond donors (Lipinski definition) is 0. The van der Waals surface area contributed by atoms with E-state index in [9.17, 15) is 4.79 Å². The molecule has 0 aromatic carbocycles. The molecule has 0 aliphatic carbocycles. The molecule has 0 saturated carbocycles. The Hall–Kier alpha value is -0.790. The van der Waals surface area contributed by atoms with Crippen molar-refractivity contribution in [3.63, 3.8) is 0 Å². The summed E-state index contributed by atoms with van der Waals surface area (Å²) in [6.45, 7) is 13.5. The Kier molecular flexibility index (Phi) is 14.1. The second-order valence-corrected chi connectivity index (χ2v) is 8.21. The highest BCUT2D eigenvalue weighted by atomic mass is 16.5. The van der Waals surface area contributed by atoms with Crippen LogP contribution in [0.2, 0.25) is 0 Å². The maximum atomic E-state index is 10.7. The van der Waals surface area contributed by atoms with Crippen LogP contribution in [0.5, 0.6) is 0 Å². The average molecular weight is 339 g/mol. The SMILES string of the molecule is CC(=O)OC/C=C(\C)CCC[C@@H](C)CCC[C@H](C)CCCC(C)C. The standard InChI is InChI=1S/C22H42O2/c1-18(2)10-7-11-19(3)12-8-13-20(4)14-9-15-21(5)16-17-24-22(6)23/h16,18-20H,7-15,17H2,1-6H3/b21-16+/t19-,20+/m1/s1. The number of carbonyl (C=O) groups is 1. The summed E-state index contributed by atoms with van der Waals surface area (Å²) >= 11 is 0.